The highest BCUT2D eigenvalue weighted by molar-refractivity contribution is 6.31. The van der Waals surface area contributed by atoms with Crippen LogP contribution in [0.1, 0.15) is 5.56 Å². The quantitative estimate of drug-likeness (QED) is 0.627. The molecule has 3 aromatic rings. The van der Waals surface area contributed by atoms with Crippen molar-refractivity contribution < 1.29 is 4.42 Å². The lowest BCUT2D eigenvalue weighted by molar-refractivity contribution is 0.560. The minimum Gasteiger partial charge on any atom is -0.422 e. The van der Waals surface area contributed by atoms with Crippen LogP contribution in [0.15, 0.2) is 51.9 Å². The van der Waals surface area contributed by atoms with E-state index in [4.69, 9.17) is 16.0 Å². The molecule has 0 spiro atoms. The fraction of sp³-hybridized carbons (Fsp3) is 0.0714. The van der Waals surface area contributed by atoms with Crippen LogP contribution in [0, 0.1) is 6.92 Å². The number of halogens is 1. The molecule has 0 aliphatic carbocycles. The molecular weight excluding hydrogens is 250 g/mol. The second-order valence-corrected chi connectivity index (χ2v) is 4.48. The fourth-order valence-corrected chi connectivity index (χ4v) is 2.13. The maximum absolute atomic E-state index is 11.5. The standard InChI is InChI=1S/C14H10ClNO2/c1-9-11-5-4-10(16-6-2-3-7-16)8-12(11)18-14(17)13(9)15/h2-8H,1H3. The maximum atomic E-state index is 11.5. The molecule has 0 saturated heterocycles. The van der Waals surface area contributed by atoms with Crippen LogP contribution in [0.4, 0.5) is 0 Å². The molecule has 2 aromatic heterocycles. The lowest BCUT2D eigenvalue weighted by atomic mass is 10.1. The van der Waals surface area contributed by atoms with Gasteiger partial charge >= 0.3 is 5.63 Å². The van der Waals surface area contributed by atoms with Gasteiger partial charge in [0.05, 0.1) is 0 Å². The van der Waals surface area contributed by atoms with Crippen molar-refractivity contribution in [3.63, 3.8) is 0 Å². The summed E-state index contributed by atoms with van der Waals surface area (Å²) in [6, 6.07) is 9.58. The van der Waals surface area contributed by atoms with E-state index in [1.54, 1.807) is 0 Å². The molecule has 0 saturated carbocycles. The van der Waals surface area contributed by atoms with E-state index in [1.807, 2.05) is 54.2 Å². The highest BCUT2D eigenvalue weighted by Gasteiger charge is 2.09. The maximum Gasteiger partial charge on any atom is 0.355 e. The molecule has 90 valence electrons. The first-order valence-corrected chi connectivity index (χ1v) is 5.91. The Bertz CT molecular complexity index is 772. The van der Waals surface area contributed by atoms with Gasteiger partial charge < -0.3 is 8.98 Å². The molecule has 0 bridgehead atoms. The molecular formula is C14H10ClNO2. The number of rotatable bonds is 1. The number of nitrogens with zero attached hydrogens (tertiary/aromatic N) is 1. The van der Waals surface area contributed by atoms with Crippen LogP contribution in [0.5, 0.6) is 0 Å². The van der Waals surface area contributed by atoms with E-state index in [0.29, 0.717) is 5.58 Å². The molecule has 0 N–H and O–H groups in total. The summed E-state index contributed by atoms with van der Waals surface area (Å²) < 4.78 is 7.16. The molecule has 2 heterocycles. The van der Waals surface area contributed by atoms with E-state index in [2.05, 4.69) is 0 Å². The number of aryl methyl sites for hydroxylation is 1. The Kier molecular flexibility index (Phi) is 2.49. The summed E-state index contributed by atoms with van der Waals surface area (Å²) >= 11 is 5.88. The van der Waals surface area contributed by atoms with Crippen LogP contribution in [0.3, 0.4) is 0 Å². The van der Waals surface area contributed by atoms with Crippen LogP contribution < -0.4 is 5.63 Å². The Labute approximate surface area is 108 Å². The second kappa shape index (κ2) is 4.03. The first-order chi connectivity index (χ1) is 8.66. The Morgan fingerprint density at radius 3 is 2.67 bits per heavy atom. The summed E-state index contributed by atoms with van der Waals surface area (Å²) in [6.45, 7) is 1.82. The molecule has 4 heteroatoms. The van der Waals surface area contributed by atoms with Crippen LogP contribution in [-0.4, -0.2) is 4.57 Å². The highest BCUT2D eigenvalue weighted by atomic mass is 35.5. The first-order valence-electron chi connectivity index (χ1n) is 5.53. The van der Waals surface area contributed by atoms with Crippen LogP contribution >= 0.6 is 11.6 Å². The summed E-state index contributed by atoms with van der Waals surface area (Å²) in [5.41, 5.74) is 1.75. The van der Waals surface area contributed by atoms with E-state index in [-0.39, 0.29) is 5.02 Å². The third-order valence-corrected chi connectivity index (χ3v) is 3.42. The van der Waals surface area contributed by atoms with Gasteiger partial charge in [0, 0.05) is 29.5 Å². The monoisotopic (exact) mass is 259 g/mol. The Morgan fingerprint density at radius 1 is 1.22 bits per heavy atom. The number of fused-ring (bicyclic) bond motifs is 1. The summed E-state index contributed by atoms with van der Waals surface area (Å²) in [5, 5.41) is 1.01. The van der Waals surface area contributed by atoms with Gasteiger partial charge in [-0.2, -0.15) is 0 Å². The lowest BCUT2D eigenvalue weighted by Gasteiger charge is -2.06. The first kappa shape index (κ1) is 11.1. The van der Waals surface area contributed by atoms with Gasteiger partial charge in [-0.25, -0.2) is 4.79 Å². The third-order valence-electron chi connectivity index (χ3n) is 2.98. The van der Waals surface area contributed by atoms with E-state index in [0.717, 1.165) is 16.6 Å². The number of benzene rings is 1. The van der Waals surface area contributed by atoms with Crippen molar-refractivity contribution in [3.8, 4) is 5.69 Å². The smallest absolute Gasteiger partial charge is 0.355 e. The Hall–Kier alpha value is -2.00. The normalized spacial score (nSPS) is 11.0. The number of aromatic nitrogens is 1. The molecule has 0 unspecified atom stereocenters. The van der Waals surface area contributed by atoms with Gasteiger partial charge in [-0.1, -0.05) is 11.6 Å². The Morgan fingerprint density at radius 2 is 1.94 bits per heavy atom. The topological polar surface area (TPSA) is 35.1 Å². The molecule has 0 aliphatic rings. The zero-order valence-corrected chi connectivity index (χ0v) is 10.4. The molecule has 3 nitrogen and oxygen atoms in total. The zero-order valence-electron chi connectivity index (χ0n) is 9.68. The fourth-order valence-electron chi connectivity index (χ4n) is 1.99. The lowest BCUT2D eigenvalue weighted by Crippen LogP contribution is -2.02. The predicted molar refractivity (Wildman–Crippen MR) is 71.6 cm³/mol. The van der Waals surface area contributed by atoms with Crippen molar-refractivity contribution in [3.05, 3.63) is 63.7 Å². The van der Waals surface area contributed by atoms with Crippen LogP contribution in [-0.2, 0) is 0 Å². The van der Waals surface area contributed by atoms with Crippen LogP contribution in [0.25, 0.3) is 16.7 Å². The largest absolute Gasteiger partial charge is 0.422 e. The molecule has 3 rings (SSSR count). The van der Waals surface area contributed by atoms with Gasteiger partial charge in [0.2, 0.25) is 0 Å². The highest BCUT2D eigenvalue weighted by Crippen LogP contribution is 2.24. The minimum atomic E-state index is -0.494. The molecule has 0 fully saturated rings. The third kappa shape index (κ3) is 1.64. The summed E-state index contributed by atoms with van der Waals surface area (Å²) in [7, 11) is 0. The molecule has 18 heavy (non-hydrogen) atoms. The SMILES string of the molecule is Cc1c(Cl)c(=O)oc2cc(-n3cccc3)ccc12. The van der Waals surface area contributed by atoms with Gasteiger partial charge in [-0.15, -0.1) is 0 Å². The summed E-state index contributed by atoms with van der Waals surface area (Å²) in [4.78, 5) is 11.5. The van der Waals surface area contributed by atoms with Crippen molar-refractivity contribution in [2.75, 3.05) is 0 Å². The van der Waals surface area contributed by atoms with E-state index >= 15 is 0 Å². The van der Waals surface area contributed by atoms with E-state index in [9.17, 15) is 4.79 Å². The molecule has 0 aliphatic heterocycles. The van der Waals surface area contributed by atoms with Crippen molar-refractivity contribution in [1.29, 1.82) is 0 Å². The summed E-state index contributed by atoms with van der Waals surface area (Å²) in [5.74, 6) is 0. The van der Waals surface area contributed by atoms with Crippen LogP contribution in [0.2, 0.25) is 5.02 Å². The summed E-state index contributed by atoms with van der Waals surface area (Å²) in [6.07, 6.45) is 3.87. The van der Waals surface area contributed by atoms with Crippen molar-refractivity contribution in [2.45, 2.75) is 6.92 Å². The second-order valence-electron chi connectivity index (χ2n) is 4.10. The predicted octanol–water partition coefficient (Wildman–Crippen LogP) is 3.55. The number of hydrogen-bond acceptors (Lipinski definition) is 2. The van der Waals surface area contributed by atoms with Gasteiger partial charge in [0.1, 0.15) is 10.6 Å². The minimum absolute atomic E-state index is 0.149. The molecule has 0 amide bonds. The van der Waals surface area contributed by atoms with E-state index < -0.39 is 5.63 Å². The van der Waals surface area contributed by atoms with E-state index in [1.165, 1.54) is 0 Å². The average Bonchev–Trinajstić information content (AvgIpc) is 2.89. The van der Waals surface area contributed by atoms with Crippen molar-refractivity contribution >= 4 is 22.6 Å². The van der Waals surface area contributed by atoms with Crippen molar-refractivity contribution in [1.82, 2.24) is 4.57 Å². The number of hydrogen-bond donors (Lipinski definition) is 0. The van der Waals surface area contributed by atoms with Crippen molar-refractivity contribution in [2.24, 2.45) is 0 Å². The molecule has 1 aromatic carbocycles. The van der Waals surface area contributed by atoms with Gasteiger partial charge in [-0.05, 0) is 36.8 Å². The molecule has 0 radical (unpaired) electrons. The van der Waals surface area contributed by atoms with Gasteiger partial charge in [-0.3, -0.25) is 0 Å². The van der Waals surface area contributed by atoms with Gasteiger partial charge in [0.15, 0.2) is 0 Å². The average molecular weight is 260 g/mol. The van der Waals surface area contributed by atoms with Gasteiger partial charge in [0.25, 0.3) is 0 Å². The molecule has 0 atom stereocenters. The Balaban J connectivity index is 2.31. The zero-order chi connectivity index (χ0) is 12.7.